The minimum atomic E-state index is -0.730. The van der Waals surface area contributed by atoms with Crippen molar-refractivity contribution in [1.82, 2.24) is 10.2 Å². The van der Waals surface area contributed by atoms with Gasteiger partial charge in [0.2, 0.25) is 0 Å². The SMILES string of the molecule is CC1=C(C(=O)OC(c2ccccc2)c2ccccc2)N2C(=O)[C@H](NC(=O)COc3ccccc3)[C@H]2SC1. The van der Waals surface area contributed by atoms with Crippen LogP contribution in [-0.4, -0.2) is 46.5 Å². The molecule has 1 fully saturated rings. The topological polar surface area (TPSA) is 84.9 Å². The van der Waals surface area contributed by atoms with Gasteiger partial charge < -0.3 is 14.8 Å². The Bertz CT molecular complexity index is 1270. The van der Waals surface area contributed by atoms with E-state index < -0.39 is 24.0 Å². The quantitative estimate of drug-likeness (QED) is 0.360. The van der Waals surface area contributed by atoms with Crippen LogP contribution >= 0.6 is 11.8 Å². The summed E-state index contributed by atoms with van der Waals surface area (Å²) in [5.74, 6) is -0.182. The molecule has 0 unspecified atom stereocenters. The maximum Gasteiger partial charge on any atom is 0.356 e. The van der Waals surface area contributed by atoms with Crippen molar-refractivity contribution in [3.63, 3.8) is 0 Å². The number of nitrogens with one attached hydrogen (secondary N) is 1. The highest BCUT2D eigenvalue weighted by molar-refractivity contribution is 8.00. The first-order valence-corrected chi connectivity index (χ1v) is 13.0. The molecule has 37 heavy (non-hydrogen) atoms. The van der Waals surface area contributed by atoms with Crippen LogP contribution in [0.25, 0.3) is 0 Å². The van der Waals surface area contributed by atoms with E-state index >= 15 is 0 Å². The van der Waals surface area contributed by atoms with E-state index in [1.807, 2.05) is 85.8 Å². The van der Waals surface area contributed by atoms with Crippen LogP contribution in [0.4, 0.5) is 0 Å². The summed E-state index contributed by atoms with van der Waals surface area (Å²) in [6.07, 6.45) is -0.620. The fourth-order valence-electron chi connectivity index (χ4n) is 4.39. The van der Waals surface area contributed by atoms with Crippen LogP contribution in [0.1, 0.15) is 24.2 Å². The zero-order valence-corrected chi connectivity index (χ0v) is 21.0. The lowest BCUT2D eigenvalue weighted by Crippen LogP contribution is -2.70. The third-order valence-electron chi connectivity index (χ3n) is 6.21. The van der Waals surface area contributed by atoms with Crippen molar-refractivity contribution in [2.24, 2.45) is 0 Å². The number of carbonyl (C=O) groups is 3. The fourth-order valence-corrected chi connectivity index (χ4v) is 5.68. The van der Waals surface area contributed by atoms with Gasteiger partial charge in [-0.25, -0.2) is 4.79 Å². The molecule has 3 aromatic rings. The van der Waals surface area contributed by atoms with Gasteiger partial charge in [0.15, 0.2) is 12.7 Å². The number of rotatable bonds is 8. The van der Waals surface area contributed by atoms with Gasteiger partial charge in [-0.05, 0) is 35.8 Å². The number of thioether (sulfide) groups is 1. The highest BCUT2D eigenvalue weighted by atomic mass is 32.2. The number of esters is 1. The summed E-state index contributed by atoms with van der Waals surface area (Å²) in [5.41, 5.74) is 2.68. The predicted molar refractivity (Wildman–Crippen MR) is 140 cm³/mol. The molecule has 2 aliphatic rings. The maximum absolute atomic E-state index is 13.5. The number of fused-ring (bicyclic) bond motifs is 1. The number of β-lactam (4-membered cyclic amide) rings is 1. The lowest BCUT2D eigenvalue weighted by Gasteiger charge is -2.49. The Morgan fingerprint density at radius 3 is 2.11 bits per heavy atom. The van der Waals surface area contributed by atoms with Crippen LogP contribution < -0.4 is 10.1 Å². The lowest BCUT2D eigenvalue weighted by atomic mass is 10.0. The molecule has 0 radical (unpaired) electrons. The van der Waals surface area contributed by atoms with E-state index in [2.05, 4.69) is 5.32 Å². The summed E-state index contributed by atoms with van der Waals surface area (Å²) in [5, 5.41) is 2.37. The summed E-state index contributed by atoms with van der Waals surface area (Å²) in [4.78, 5) is 40.5. The van der Waals surface area contributed by atoms with Gasteiger partial charge >= 0.3 is 5.97 Å². The second-order valence-electron chi connectivity index (χ2n) is 8.79. The van der Waals surface area contributed by atoms with Gasteiger partial charge in [0, 0.05) is 5.75 Å². The summed E-state index contributed by atoms with van der Waals surface area (Å²) >= 11 is 1.51. The van der Waals surface area contributed by atoms with Crippen molar-refractivity contribution in [2.75, 3.05) is 12.4 Å². The lowest BCUT2D eigenvalue weighted by molar-refractivity contribution is -0.154. The average Bonchev–Trinajstić information content (AvgIpc) is 2.94. The van der Waals surface area contributed by atoms with Gasteiger partial charge in [-0.1, -0.05) is 78.9 Å². The smallest absolute Gasteiger partial charge is 0.356 e. The predicted octanol–water partition coefficient (Wildman–Crippen LogP) is 4.07. The molecule has 188 valence electrons. The Morgan fingerprint density at radius 2 is 1.51 bits per heavy atom. The molecule has 0 aromatic heterocycles. The normalized spacial score (nSPS) is 18.6. The van der Waals surface area contributed by atoms with Gasteiger partial charge in [0.05, 0.1) is 0 Å². The summed E-state index contributed by atoms with van der Waals surface area (Å²) < 4.78 is 11.5. The molecule has 2 amide bonds. The molecule has 3 aromatic carbocycles. The van der Waals surface area contributed by atoms with Crippen molar-refractivity contribution in [1.29, 1.82) is 0 Å². The first-order chi connectivity index (χ1) is 18.0. The maximum atomic E-state index is 13.5. The van der Waals surface area contributed by atoms with Gasteiger partial charge in [0.1, 0.15) is 22.9 Å². The molecule has 1 N–H and O–H groups in total. The van der Waals surface area contributed by atoms with E-state index in [-0.39, 0.29) is 23.6 Å². The van der Waals surface area contributed by atoms with Crippen LogP contribution in [0.5, 0.6) is 5.75 Å². The summed E-state index contributed by atoms with van der Waals surface area (Å²) in [7, 11) is 0. The number of ether oxygens (including phenoxy) is 2. The number of amides is 2. The van der Waals surface area contributed by atoms with E-state index in [4.69, 9.17) is 9.47 Å². The van der Waals surface area contributed by atoms with E-state index in [0.29, 0.717) is 11.5 Å². The molecule has 5 rings (SSSR count). The van der Waals surface area contributed by atoms with Crippen molar-refractivity contribution < 1.29 is 23.9 Å². The minimum absolute atomic E-state index is 0.204. The Labute approximate surface area is 219 Å². The minimum Gasteiger partial charge on any atom is -0.484 e. The Morgan fingerprint density at radius 1 is 0.946 bits per heavy atom. The van der Waals surface area contributed by atoms with E-state index in [1.54, 1.807) is 12.1 Å². The Hall–Kier alpha value is -4.04. The number of nitrogens with zero attached hydrogens (tertiary/aromatic N) is 1. The molecule has 0 bridgehead atoms. The number of carbonyl (C=O) groups excluding carboxylic acids is 3. The molecule has 0 saturated carbocycles. The summed E-state index contributed by atoms with van der Waals surface area (Å²) in [6, 6.07) is 27.3. The van der Waals surface area contributed by atoms with E-state index in [1.165, 1.54) is 16.7 Å². The van der Waals surface area contributed by atoms with Crippen LogP contribution in [0.2, 0.25) is 0 Å². The zero-order chi connectivity index (χ0) is 25.8. The van der Waals surface area contributed by atoms with Gasteiger partial charge in [0.25, 0.3) is 11.8 Å². The van der Waals surface area contributed by atoms with Gasteiger partial charge in [-0.2, -0.15) is 0 Å². The third-order valence-corrected chi connectivity index (χ3v) is 7.64. The fraction of sp³-hybridized carbons (Fsp3) is 0.207. The molecular weight excluding hydrogens is 488 g/mol. The van der Waals surface area contributed by atoms with Crippen molar-refractivity contribution in [3.05, 3.63) is 113 Å². The van der Waals surface area contributed by atoms with Gasteiger partial charge in [-0.3, -0.25) is 14.5 Å². The second kappa shape index (κ2) is 10.9. The monoisotopic (exact) mass is 514 g/mol. The zero-order valence-electron chi connectivity index (χ0n) is 20.2. The van der Waals surface area contributed by atoms with Crippen LogP contribution in [0, 0.1) is 0 Å². The van der Waals surface area contributed by atoms with Crippen LogP contribution in [0.15, 0.2) is 102 Å². The molecular formula is C29H26N2O5S. The van der Waals surface area contributed by atoms with E-state index in [0.717, 1.165) is 16.7 Å². The van der Waals surface area contributed by atoms with Gasteiger partial charge in [-0.15, -0.1) is 11.8 Å². The number of para-hydroxylation sites is 1. The second-order valence-corrected chi connectivity index (χ2v) is 9.90. The Balaban J connectivity index is 1.28. The van der Waals surface area contributed by atoms with Crippen LogP contribution in [0.3, 0.4) is 0 Å². The largest absolute Gasteiger partial charge is 0.484 e. The number of hydrogen-bond acceptors (Lipinski definition) is 6. The number of hydrogen-bond donors (Lipinski definition) is 1. The molecule has 0 aliphatic carbocycles. The van der Waals surface area contributed by atoms with Crippen molar-refractivity contribution >= 4 is 29.5 Å². The Kier molecular flexibility index (Phi) is 7.28. The first kappa shape index (κ1) is 24.6. The summed E-state index contributed by atoms with van der Waals surface area (Å²) in [6.45, 7) is 1.62. The highest BCUT2D eigenvalue weighted by Gasteiger charge is 2.54. The highest BCUT2D eigenvalue weighted by Crippen LogP contribution is 2.41. The molecule has 2 aliphatic heterocycles. The molecule has 7 nitrogen and oxygen atoms in total. The molecule has 2 atom stereocenters. The van der Waals surface area contributed by atoms with Crippen molar-refractivity contribution in [2.45, 2.75) is 24.4 Å². The molecule has 8 heteroatoms. The first-order valence-electron chi connectivity index (χ1n) is 12.0. The third kappa shape index (κ3) is 5.24. The van der Waals surface area contributed by atoms with Crippen LogP contribution in [-0.2, 0) is 19.1 Å². The standard InChI is InChI=1S/C29H26N2O5S/c1-19-18-37-28-24(30-23(32)17-35-22-15-9-4-10-16-22)27(33)31(28)25(19)29(34)36-26(20-11-5-2-6-12-20)21-13-7-3-8-14-21/h2-16,24,26,28H,17-18H2,1H3,(H,30,32)/t24-,28+/m0/s1. The number of benzene rings is 3. The molecule has 2 heterocycles. The van der Waals surface area contributed by atoms with E-state index in [9.17, 15) is 14.4 Å². The molecule has 0 spiro atoms. The molecule has 1 saturated heterocycles. The van der Waals surface area contributed by atoms with Crippen molar-refractivity contribution in [3.8, 4) is 5.75 Å². The average molecular weight is 515 g/mol.